The molecule has 0 spiro atoms. The van der Waals surface area contributed by atoms with Gasteiger partial charge < -0.3 is 0 Å². The minimum Gasteiger partial charge on any atom is -0.194 e. The molecule has 0 saturated carbocycles. The van der Waals surface area contributed by atoms with Gasteiger partial charge in [0, 0.05) is 16.7 Å². The third-order valence-corrected chi connectivity index (χ3v) is 5.09. The molecule has 0 saturated heterocycles. The fourth-order valence-corrected chi connectivity index (χ4v) is 3.04. The molecule has 0 nitrogen and oxygen atoms in total. The molecule has 0 amide bonds. The van der Waals surface area contributed by atoms with Crippen molar-refractivity contribution >= 4 is 0 Å². The van der Waals surface area contributed by atoms with Gasteiger partial charge in [0.25, 0.3) is 0 Å². The molecular formula is C19H10F21. The second-order valence-electron chi connectivity index (χ2n) is 8.30. The van der Waals surface area contributed by atoms with Crippen molar-refractivity contribution in [3.63, 3.8) is 0 Å². The third-order valence-electron chi connectivity index (χ3n) is 5.09. The van der Waals surface area contributed by atoms with Crippen molar-refractivity contribution in [1.82, 2.24) is 0 Å². The molecule has 1 radical (unpaired) electrons. The standard InChI is InChI=1S/C19H10F21/c1-6(2)3-8-9(12(22,23)15(28,29)18(35,36)37)4-7(11(20,21)14(26,27)17(32,33)34)5-10(8)13(24,25)16(30,31)19(38,39)40/h4-6H,1,3H2,2H3. The summed E-state index contributed by atoms with van der Waals surface area (Å²) >= 11 is 0. The Morgan fingerprint density at radius 1 is 0.500 bits per heavy atom. The highest BCUT2D eigenvalue weighted by atomic mass is 19.4. The lowest BCUT2D eigenvalue weighted by molar-refractivity contribution is -0.362. The second kappa shape index (κ2) is 9.65. The molecule has 0 aliphatic rings. The second-order valence-corrected chi connectivity index (χ2v) is 8.30. The van der Waals surface area contributed by atoms with E-state index in [-0.39, 0.29) is 0 Å². The Morgan fingerprint density at radius 2 is 0.750 bits per heavy atom. The molecule has 1 unspecified atom stereocenters. The zero-order valence-corrected chi connectivity index (χ0v) is 18.6. The molecule has 0 bridgehead atoms. The Bertz CT molecular complexity index is 1010. The zero-order valence-electron chi connectivity index (χ0n) is 18.6. The Morgan fingerprint density at radius 3 is 0.975 bits per heavy atom. The maximum atomic E-state index is 14.5. The number of hydrogen-bond acceptors (Lipinski definition) is 0. The molecule has 0 aliphatic heterocycles. The minimum atomic E-state index is -7.58. The van der Waals surface area contributed by atoms with Crippen LogP contribution in [0.25, 0.3) is 0 Å². The number of rotatable bonds is 8. The summed E-state index contributed by atoms with van der Waals surface area (Å²) in [5, 5.41) is 0. The van der Waals surface area contributed by atoms with E-state index in [2.05, 4.69) is 6.92 Å². The van der Waals surface area contributed by atoms with Gasteiger partial charge in [-0.15, -0.1) is 0 Å². The third kappa shape index (κ3) is 5.36. The van der Waals surface area contributed by atoms with Crippen LogP contribution in [-0.4, -0.2) is 36.3 Å². The van der Waals surface area contributed by atoms with Crippen LogP contribution in [0.1, 0.15) is 29.2 Å². The summed E-state index contributed by atoms with van der Waals surface area (Å²) in [6.07, 6.45) is -24.4. The lowest BCUT2D eigenvalue weighted by Crippen LogP contribution is -2.53. The molecule has 1 aromatic rings. The van der Waals surface area contributed by atoms with Gasteiger partial charge in [0.1, 0.15) is 0 Å². The van der Waals surface area contributed by atoms with Crippen LogP contribution in [-0.2, 0) is 24.2 Å². The van der Waals surface area contributed by atoms with Gasteiger partial charge in [0.05, 0.1) is 0 Å². The van der Waals surface area contributed by atoms with Crippen molar-refractivity contribution < 1.29 is 92.2 Å². The highest BCUT2D eigenvalue weighted by Crippen LogP contribution is 2.59. The zero-order chi connectivity index (χ0) is 32.5. The summed E-state index contributed by atoms with van der Waals surface area (Å²) < 4.78 is 282. The van der Waals surface area contributed by atoms with Gasteiger partial charge in [-0.3, -0.25) is 0 Å². The van der Waals surface area contributed by atoms with Crippen LogP contribution in [0.4, 0.5) is 92.2 Å². The van der Waals surface area contributed by atoms with Crippen molar-refractivity contribution in [2.45, 2.75) is 67.4 Å². The molecule has 1 atom stereocenters. The van der Waals surface area contributed by atoms with Crippen molar-refractivity contribution in [2.24, 2.45) is 5.92 Å². The van der Waals surface area contributed by atoms with Gasteiger partial charge in [-0.1, -0.05) is 13.8 Å². The number of alkyl halides is 21. The van der Waals surface area contributed by atoms with Crippen LogP contribution in [0.15, 0.2) is 12.1 Å². The van der Waals surface area contributed by atoms with Crippen LogP contribution < -0.4 is 0 Å². The van der Waals surface area contributed by atoms with Gasteiger partial charge in [0.15, 0.2) is 0 Å². The fraction of sp³-hybridized carbons (Fsp3) is 0.632. The van der Waals surface area contributed by atoms with Gasteiger partial charge in [-0.25, -0.2) is 0 Å². The minimum absolute atomic E-state index is 0.563. The summed E-state index contributed by atoms with van der Waals surface area (Å²) in [4.78, 5) is 0. The highest BCUT2D eigenvalue weighted by molar-refractivity contribution is 5.48. The molecule has 1 rings (SSSR count). The SMILES string of the molecule is [CH2]C(C)Cc1c(C(F)(F)C(F)(F)C(F)(F)F)cc(C(F)(F)C(F)(F)C(F)(F)F)cc1C(F)(F)C(F)(F)C(F)(F)F. The molecule has 233 valence electrons. The summed E-state index contributed by atoms with van der Waals surface area (Å²) in [7, 11) is 0. The first-order valence-corrected chi connectivity index (χ1v) is 9.62. The quantitative estimate of drug-likeness (QED) is 0.249. The fourth-order valence-electron chi connectivity index (χ4n) is 3.04. The molecule has 0 fully saturated rings. The largest absolute Gasteiger partial charge is 0.460 e. The van der Waals surface area contributed by atoms with Crippen LogP contribution in [0.2, 0.25) is 0 Å². The van der Waals surface area contributed by atoms with Gasteiger partial charge in [-0.2, -0.15) is 92.2 Å². The smallest absolute Gasteiger partial charge is 0.194 e. The average Bonchev–Trinajstić information content (AvgIpc) is 2.69. The van der Waals surface area contributed by atoms with E-state index < -0.39 is 101 Å². The van der Waals surface area contributed by atoms with Gasteiger partial charge >= 0.3 is 54.1 Å². The summed E-state index contributed by atoms with van der Waals surface area (Å²) in [6.45, 7) is 3.38. The van der Waals surface area contributed by atoms with Crippen molar-refractivity contribution in [3.05, 3.63) is 41.3 Å². The predicted molar refractivity (Wildman–Crippen MR) is 89.4 cm³/mol. The van der Waals surface area contributed by atoms with Gasteiger partial charge in [-0.05, 0) is 30.0 Å². The highest BCUT2D eigenvalue weighted by Gasteiger charge is 2.78. The van der Waals surface area contributed by atoms with E-state index in [1.807, 2.05) is 0 Å². The average molecular weight is 637 g/mol. The van der Waals surface area contributed by atoms with E-state index in [0.717, 1.165) is 0 Å². The van der Waals surface area contributed by atoms with Crippen LogP contribution in [0.3, 0.4) is 0 Å². The van der Waals surface area contributed by atoms with Crippen LogP contribution in [0.5, 0.6) is 0 Å². The van der Waals surface area contributed by atoms with E-state index in [1.165, 1.54) is 0 Å². The maximum absolute atomic E-state index is 14.5. The lowest BCUT2D eigenvalue weighted by Gasteiger charge is -2.36. The Balaban J connectivity index is 4.57. The summed E-state index contributed by atoms with van der Waals surface area (Å²) in [5.74, 6) is -46.3. The number of hydrogen-bond donors (Lipinski definition) is 0. The van der Waals surface area contributed by atoms with E-state index in [9.17, 15) is 92.2 Å². The van der Waals surface area contributed by atoms with Crippen LogP contribution in [0, 0.1) is 12.8 Å². The lowest BCUT2D eigenvalue weighted by atomic mass is 9.81. The maximum Gasteiger partial charge on any atom is 0.460 e. The molecular weight excluding hydrogens is 627 g/mol. The normalized spacial score (nSPS) is 15.7. The van der Waals surface area contributed by atoms with Crippen molar-refractivity contribution in [2.75, 3.05) is 0 Å². The van der Waals surface area contributed by atoms with E-state index >= 15 is 0 Å². The Hall–Kier alpha value is -2.25. The molecule has 0 heterocycles. The number of benzene rings is 1. The molecule has 40 heavy (non-hydrogen) atoms. The van der Waals surface area contributed by atoms with Crippen LogP contribution >= 0.6 is 0 Å². The first kappa shape index (κ1) is 35.8. The molecule has 0 aliphatic carbocycles. The van der Waals surface area contributed by atoms with E-state index in [4.69, 9.17) is 0 Å². The Labute approximate surface area is 208 Å². The molecule has 0 N–H and O–H groups in total. The summed E-state index contributed by atoms with van der Waals surface area (Å²) in [6, 6.07) is -3.36. The molecule has 0 aromatic heterocycles. The number of halogens is 21. The van der Waals surface area contributed by atoms with Crippen molar-refractivity contribution in [3.8, 4) is 0 Å². The topological polar surface area (TPSA) is 0 Å². The first-order chi connectivity index (χ1) is 17.1. The van der Waals surface area contributed by atoms with E-state index in [1.54, 1.807) is 0 Å². The van der Waals surface area contributed by atoms with Gasteiger partial charge in [0.2, 0.25) is 0 Å². The predicted octanol–water partition coefficient (Wildman–Crippen LogP) is 9.57. The summed E-state index contributed by atoms with van der Waals surface area (Å²) in [5.41, 5.74) is -13.7. The monoisotopic (exact) mass is 637 g/mol. The first-order valence-electron chi connectivity index (χ1n) is 9.62. The van der Waals surface area contributed by atoms with E-state index in [0.29, 0.717) is 6.92 Å². The Kier molecular flexibility index (Phi) is 8.63. The van der Waals surface area contributed by atoms with Crippen molar-refractivity contribution in [1.29, 1.82) is 0 Å². The molecule has 21 heteroatoms. The molecule has 1 aromatic carbocycles.